The Morgan fingerprint density at radius 3 is 2.69 bits per heavy atom. The van der Waals surface area contributed by atoms with Crippen molar-refractivity contribution in [2.24, 2.45) is 10.4 Å². The Hall–Kier alpha value is -1.67. The fourth-order valence-electron chi connectivity index (χ4n) is 4.52. The molecule has 0 radical (unpaired) electrons. The Kier molecular flexibility index (Phi) is 8.73. The van der Waals surface area contributed by atoms with Crippen LogP contribution in [0.5, 0.6) is 0 Å². The molecule has 29 heavy (non-hydrogen) atoms. The van der Waals surface area contributed by atoms with E-state index in [1.54, 1.807) is 0 Å². The molecule has 0 aromatic carbocycles. The van der Waals surface area contributed by atoms with Gasteiger partial charge in [0.05, 0.1) is 13.2 Å². The second kappa shape index (κ2) is 11.5. The molecule has 8 heteroatoms. The summed E-state index contributed by atoms with van der Waals surface area (Å²) in [5.41, 5.74) is 0.307. The van der Waals surface area contributed by atoms with Gasteiger partial charge in [-0.15, -0.1) is 10.2 Å². The molecular formula is C21H39N7O. The lowest BCUT2D eigenvalue weighted by molar-refractivity contribution is 0.00937. The zero-order valence-electron chi connectivity index (χ0n) is 18.3. The predicted molar refractivity (Wildman–Crippen MR) is 116 cm³/mol. The van der Waals surface area contributed by atoms with Crippen molar-refractivity contribution in [2.75, 3.05) is 52.5 Å². The van der Waals surface area contributed by atoms with E-state index < -0.39 is 0 Å². The van der Waals surface area contributed by atoms with E-state index in [-0.39, 0.29) is 0 Å². The molecule has 2 heterocycles. The summed E-state index contributed by atoms with van der Waals surface area (Å²) in [4.78, 5) is 7.62. The fourth-order valence-corrected chi connectivity index (χ4v) is 4.52. The number of morpholine rings is 1. The van der Waals surface area contributed by atoms with E-state index in [2.05, 4.69) is 44.1 Å². The molecule has 1 saturated heterocycles. The van der Waals surface area contributed by atoms with Crippen LogP contribution < -0.4 is 10.6 Å². The van der Waals surface area contributed by atoms with Crippen LogP contribution >= 0.6 is 0 Å². The Morgan fingerprint density at radius 2 is 1.97 bits per heavy atom. The number of rotatable bonds is 9. The number of nitrogens with zero attached hydrogens (tertiary/aromatic N) is 5. The van der Waals surface area contributed by atoms with Crippen LogP contribution in [-0.4, -0.2) is 78.1 Å². The molecule has 2 aliphatic rings. The molecule has 0 unspecified atom stereocenters. The quantitative estimate of drug-likeness (QED) is 0.481. The van der Waals surface area contributed by atoms with E-state index in [4.69, 9.17) is 9.73 Å². The molecule has 0 atom stereocenters. The first-order valence-corrected chi connectivity index (χ1v) is 11.4. The second-order valence-electron chi connectivity index (χ2n) is 8.37. The lowest BCUT2D eigenvalue weighted by atomic mass is 9.73. The van der Waals surface area contributed by atoms with E-state index in [0.717, 1.165) is 77.2 Å². The van der Waals surface area contributed by atoms with Crippen LogP contribution in [0.2, 0.25) is 0 Å². The molecular weight excluding hydrogens is 366 g/mol. The van der Waals surface area contributed by atoms with Crippen molar-refractivity contribution in [1.29, 1.82) is 0 Å². The molecule has 2 N–H and O–H groups in total. The van der Waals surface area contributed by atoms with Gasteiger partial charge < -0.3 is 19.9 Å². The maximum absolute atomic E-state index is 5.54. The molecule has 0 bridgehead atoms. The van der Waals surface area contributed by atoms with Gasteiger partial charge in [-0.05, 0) is 19.8 Å². The average Bonchev–Trinajstić information content (AvgIpc) is 3.21. The number of guanidine groups is 1. The van der Waals surface area contributed by atoms with Crippen LogP contribution in [0.3, 0.4) is 0 Å². The summed E-state index contributed by atoms with van der Waals surface area (Å²) in [6.45, 7) is 12.7. The lowest BCUT2D eigenvalue weighted by Gasteiger charge is -2.41. The number of ether oxygens (including phenoxy) is 1. The summed E-state index contributed by atoms with van der Waals surface area (Å²) in [5, 5.41) is 15.1. The predicted octanol–water partition coefficient (Wildman–Crippen LogP) is 1.68. The number of hydrogen-bond acceptors (Lipinski definition) is 5. The largest absolute Gasteiger partial charge is 0.379 e. The van der Waals surface area contributed by atoms with Crippen molar-refractivity contribution in [3.05, 3.63) is 12.2 Å². The minimum Gasteiger partial charge on any atom is -0.379 e. The Labute approximate surface area is 175 Å². The van der Waals surface area contributed by atoms with Gasteiger partial charge in [0.1, 0.15) is 12.2 Å². The van der Waals surface area contributed by atoms with Gasteiger partial charge in [-0.1, -0.05) is 26.2 Å². The van der Waals surface area contributed by atoms with Gasteiger partial charge in [-0.2, -0.15) is 0 Å². The minimum absolute atomic E-state index is 0.307. The summed E-state index contributed by atoms with van der Waals surface area (Å²) in [7, 11) is 0. The minimum atomic E-state index is 0.307. The van der Waals surface area contributed by atoms with Crippen molar-refractivity contribution in [3.63, 3.8) is 0 Å². The summed E-state index contributed by atoms with van der Waals surface area (Å²) < 4.78 is 7.65. The third-order valence-corrected chi connectivity index (χ3v) is 6.15. The highest BCUT2D eigenvalue weighted by molar-refractivity contribution is 5.79. The lowest BCUT2D eigenvalue weighted by Crippen LogP contribution is -2.47. The van der Waals surface area contributed by atoms with Gasteiger partial charge in [0.15, 0.2) is 5.96 Å². The number of nitrogens with one attached hydrogen (secondary N) is 2. The van der Waals surface area contributed by atoms with Crippen molar-refractivity contribution < 1.29 is 4.74 Å². The smallest absolute Gasteiger partial charge is 0.191 e. The highest BCUT2D eigenvalue weighted by Gasteiger charge is 2.34. The molecule has 0 spiro atoms. The highest BCUT2D eigenvalue weighted by Crippen LogP contribution is 2.37. The number of aliphatic imine (C=N–C) groups is 1. The van der Waals surface area contributed by atoms with Gasteiger partial charge in [0.2, 0.25) is 0 Å². The van der Waals surface area contributed by atoms with Crippen molar-refractivity contribution in [3.8, 4) is 0 Å². The van der Waals surface area contributed by atoms with Gasteiger partial charge in [0.25, 0.3) is 0 Å². The first-order chi connectivity index (χ1) is 14.2. The van der Waals surface area contributed by atoms with Gasteiger partial charge in [-0.25, -0.2) is 0 Å². The van der Waals surface area contributed by atoms with E-state index in [9.17, 15) is 0 Å². The number of aromatic nitrogens is 3. The summed E-state index contributed by atoms with van der Waals surface area (Å²) >= 11 is 0. The second-order valence-corrected chi connectivity index (χ2v) is 8.37. The normalized spacial score (nSPS) is 20.6. The maximum Gasteiger partial charge on any atom is 0.191 e. The van der Waals surface area contributed by atoms with Crippen LogP contribution in [-0.2, 0) is 17.7 Å². The van der Waals surface area contributed by atoms with E-state index in [0.29, 0.717) is 5.41 Å². The molecule has 1 saturated carbocycles. The standard InChI is InChI=1S/C21H39N7O/c1-3-19-26-25-18-28(19)11-10-23-20(22-4-2)24-16-21(8-6-5-7-9-21)17-27-12-14-29-15-13-27/h18H,3-17H2,1-2H3,(H2,22,23,24). The monoisotopic (exact) mass is 405 g/mol. The van der Waals surface area contributed by atoms with E-state index >= 15 is 0 Å². The maximum atomic E-state index is 5.54. The Balaban J connectivity index is 1.57. The molecule has 0 amide bonds. The van der Waals surface area contributed by atoms with Gasteiger partial charge in [0, 0.05) is 57.6 Å². The topological polar surface area (TPSA) is 79.6 Å². The van der Waals surface area contributed by atoms with Gasteiger partial charge in [-0.3, -0.25) is 9.89 Å². The number of hydrogen-bond donors (Lipinski definition) is 2. The average molecular weight is 406 g/mol. The third kappa shape index (κ3) is 6.67. The molecule has 2 fully saturated rings. The fraction of sp³-hybridized carbons (Fsp3) is 0.857. The van der Waals surface area contributed by atoms with Gasteiger partial charge >= 0.3 is 0 Å². The molecule has 1 aliphatic heterocycles. The molecule has 8 nitrogen and oxygen atoms in total. The first-order valence-electron chi connectivity index (χ1n) is 11.4. The SMILES string of the molecule is CCNC(=NCC1(CN2CCOCC2)CCCCC1)NCCn1cnnc1CC. The summed E-state index contributed by atoms with van der Waals surface area (Å²) in [6, 6.07) is 0. The number of aryl methyl sites for hydroxylation is 1. The molecule has 1 aromatic rings. The van der Waals surface area contributed by atoms with Crippen LogP contribution in [0.4, 0.5) is 0 Å². The third-order valence-electron chi connectivity index (χ3n) is 6.15. The first kappa shape index (κ1) is 22.0. The van der Waals surface area contributed by atoms with E-state index in [1.165, 1.54) is 32.1 Å². The Morgan fingerprint density at radius 1 is 1.17 bits per heavy atom. The van der Waals surface area contributed by atoms with Crippen LogP contribution in [0.25, 0.3) is 0 Å². The molecule has 1 aliphatic carbocycles. The van der Waals surface area contributed by atoms with E-state index in [1.807, 2.05) is 6.33 Å². The summed E-state index contributed by atoms with van der Waals surface area (Å²) in [6.07, 6.45) is 9.31. The molecule has 3 rings (SSSR count). The zero-order valence-corrected chi connectivity index (χ0v) is 18.3. The van der Waals surface area contributed by atoms with Crippen LogP contribution in [0.1, 0.15) is 51.8 Å². The summed E-state index contributed by atoms with van der Waals surface area (Å²) in [5.74, 6) is 1.95. The molecule has 164 valence electrons. The van der Waals surface area contributed by atoms with Crippen molar-refractivity contribution >= 4 is 5.96 Å². The van der Waals surface area contributed by atoms with Crippen molar-refractivity contribution in [2.45, 2.75) is 58.9 Å². The van der Waals surface area contributed by atoms with Crippen LogP contribution in [0.15, 0.2) is 11.3 Å². The molecule has 1 aromatic heterocycles. The zero-order chi connectivity index (χ0) is 20.4. The van der Waals surface area contributed by atoms with Crippen LogP contribution in [0, 0.1) is 5.41 Å². The highest BCUT2D eigenvalue weighted by atomic mass is 16.5. The van der Waals surface area contributed by atoms with Crippen molar-refractivity contribution in [1.82, 2.24) is 30.3 Å². The Bertz CT molecular complexity index is 618.